The zero-order valence-corrected chi connectivity index (χ0v) is 20.5. The van der Waals surface area contributed by atoms with Crippen LogP contribution in [0.15, 0.2) is 71.9 Å². The lowest BCUT2D eigenvalue weighted by Gasteiger charge is -2.32. The molecule has 3 aromatic rings. The van der Waals surface area contributed by atoms with Gasteiger partial charge in [0.25, 0.3) is 5.91 Å². The number of nitrogens with one attached hydrogen (secondary N) is 1. The second-order valence-electron chi connectivity index (χ2n) is 8.80. The van der Waals surface area contributed by atoms with Gasteiger partial charge < -0.3 is 10.2 Å². The van der Waals surface area contributed by atoms with Crippen LogP contribution in [0.3, 0.4) is 0 Å². The molecular formula is C27H26F3N3O2S. The van der Waals surface area contributed by atoms with E-state index in [1.165, 1.54) is 23.5 Å². The third-order valence-electron chi connectivity index (χ3n) is 6.15. The summed E-state index contributed by atoms with van der Waals surface area (Å²) >= 11 is 1.48. The average molecular weight is 514 g/mol. The molecule has 0 spiro atoms. The van der Waals surface area contributed by atoms with E-state index in [1.54, 1.807) is 4.90 Å². The molecule has 2 heterocycles. The van der Waals surface area contributed by atoms with Gasteiger partial charge in [-0.2, -0.15) is 13.2 Å². The van der Waals surface area contributed by atoms with Gasteiger partial charge in [-0.25, -0.2) is 0 Å². The first-order chi connectivity index (χ1) is 17.2. The van der Waals surface area contributed by atoms with Crippen LogP contribution in [0.1, 0.15) is 45.8 Å². The summed E-state index contributed by atoms with van der Waals surface area (Å²) < 4.78 is 38.8. The molecule has 5 nitrogen and oxygen atoms in total. The number of hydrogen-bond acceptors (Lipinski definition) is 4. The Morgan fingerprint density at radius 3 is 2.33 bits per heavy atom. The summed E-state index contributed by atoms with van der Waals surface area (Å²) in [5.74, 6) is 0.0342. The summed E-state index contributed by atoms with van der Waals surface area (Å²) in [5, 5.41) is 2.91. The quantitative estimate of drug-likeness (QED) is 0.401. The maximum absolute atomic E-state index is 12.9. The molecule has 4 rings (SSSR count). The molecule has 0 bridgehead atoms. The Kier molecular flexibility index (Phi) is 7.98. The van der Waals surface area contributed by atoms with Gasteiger partial charge in [0.05, 0.1) is 16.9 Å². The Labute approximate surface area is 212 Å². The van der Waals surface area contributed by atoms with Gasteiger partial charge in [0.15, 0.2) is 0 Å². The van der Waals surface area contributed by atoms with Crippen LogP contribution in [0.5, 0.6) is 0 Å². The van der Waals surface area contributed by atoms with E-state index in [1.807, 2.05) is 55.5 Å². The topological polar surface area (TPSA) is 62.3 Å². The molecule has 1 aliphatic rings. The van der Waals surface area contributed by atoms with Crippen molar-refractivity contribution in [2.24, 2.45) is 0 Å². The molecule has 188 valence electrons. The summed E-state index contributed by atoms with van der Waals surface area (Å²) in [5.41, 5.74) is 2.02. The van der Waals surface area contributed by atoms with E-state index in [0.717, 1.165) is 28.4 Å². The van der Waals surface area contributed by atoms with Crippen molar-refractivity contribution in [2.45, 2.75) is 36.8 Å². The molecular weight excluding hydrogens is 487 g/mol. The molecule has 0 unspecified atom stereocenters. The van der Waals surface area contributed by atoms with Crippen LogP contribution in [0.2, 0.25) is 0 Å². The Hall–Kier alpha value is -3.33. The monoisotopic (exact) mass is 513 g/mol. The minimum atomic E-state index is -4.54. The molecule has 1 N–H and O–H groups in total. The summed E-state index contributed by atoms with van der Waals surface area (Å²) in [6, 6.07) is 16.6. The van der Waals surface area contributed by atoms with Gasteiger partial charge >= 0.3 is 6.18 Å². The SMILES string of the molecule is Cc1ccc(SCC(=O)Nc2ccc(C3CCN(C(=O)c4cncc(C(F)(F)F)c4)CC3)cc2)cc1. The Morgan fingerprint density at radius 1 is 1.03 bits per heavy atom. The smallest absolute Gasteiger partial charge is 0.339 e. The lowest BCUT2D eigenvalue weighted by molar-refractivity contribution is -0.137. The molecule has 0 saturated carbocycles. The van der Waals surface area contributed by atoms with E-state index >= 15 is 0 Å². The zero-order valence-electron chi connectivity index (χ0n) is 19.7. The van der Waals surface area contributed by atoms with E-state index in [9.17, 15) is 22.8 Å². The largest absolute Gasteiger partial charge is 0.417 e. The minimum Gasteiger partial charge on any atom is -0.339 e. The van der Waals surface area contributed by atoms with Crippen LogP contribution in [0.25, 0.3) is 0 Å². The number of aryl methyl sites for hydroxylation is 1. The fraction of sp³-hybridized carbons (Fsp3) is 0.296. The zero-order chi connectivity index (χ0) is 25.7. The first kappa shape index (κ1) is 25.8. The highest BCUT2D eigenvalue weighted by Gasteiger charge is 2.32. The van der Waals surface area contributed by atoms with Gasteiger partial charge in [-0.15, -0.1) is 11.8 Å². The molecule has 0 aliphatic carbocycles. The number of benzene rings is 2. The Bertz CT molecular complexity index is 1210. The molecule has 1 aliphatic heterocycles. The first-order valence-electron chi connectivity index (χ1n) is 11.6. The third kappa shape index (κ3) is 6.66. The van der Waals surface area contributed by atoms with Crippen LogP contribution >= 0.6 is 11.8 Å². The van der Waals surface area contributed by atoms with Gasteiger partial charge in [-0.1, -0.05) is 29.8 Å². The average Bonchev–Trinajstić information content (AvgIpc) is 2.88. The van der Waals surface area contributed by atoms with Gasteiger partial charge in [-0.05, 0) is 61.6 Å². The standard InChI is InChI=1S/C27H26F3N3O2S/c1-18-2-8-24(9-3-18)36-17-25(34)32-23-6-4-19(5-7-23)20-10-12-33(13-11-20)26(35)21-14-22(16-31-15-21)27(28,29)30/h2-9,14-16,20H,10-13,17H2,1H3,(H,32,34). The molecule has 0 atom stereocenters. The number of rotatable bonds is 6. The maximum Gasteiger partial charge on any atom is 0.417 e. The second-order valence-corrected chi connectivity index (χ2v) is 9.85. The van der Waals surface area contributed by atoms with Crippen molar-refractivity contribution in [3.05, 3.63) is 89.2 Å². The number of anilines is 1. The summed E-state index contributed by atoms with van der Waals surface area (Å²) in [7, 11) is 0. The minimum absolute atomic E-state index is 0.0519. The lowest BCUT2D eigenvalue weighted by Crippen LogP contribution is -2.38. The van der Waals surface area contributed by atoms with Crippen molar-refractivity contribution in [3.63, 3.8) is 0 Å². The van der Waals surface area contributed by atoms with Crippen molar-refractivity contribution in [1.29, 1.82) is 0 Å². The molecule has 9 heteroatoms. The van der Waals surface area contributed by atoms with Crippen LogP contribution in [0, 0.1) is 6.92 Å². The molecule has 2 amide bonds. The van der Waals surface area contributed by atoms with Crippen molar-refractivity contribution >= 4 is 29.3 Å². The number of aromatic nitrogens is 1. The highest BCUT2D eigenvalue weighted by Crippen LogP contribution is 2.31. The van der Waals surface area contributed by atoms with Crippen LogP contribution in [0.4, 0.5) is 18.9 Å². The summed E-state index contributed by atoms with van der Waals surface area (Å²) in [4.78, 5) is 31.2. The highest BCUT2D eigenvalue weighted by atomic mass is 32.2. The number of pyridine rings is 1. The van der Waals surface area contributed by atoms with Crippen molar-refractivity contribution in [1.82, 2.24) is 9.88 Å². The Balaban J connectivity index is 1.27. The fourth-order valence-electron chi connectivity index (χ4n) is 4.13. The molecule has 0 radical (unpaired) electrons. The fourth-order valence-corrected chi connectivity index (χ4v) is 4.83. The molecule has 2 aromatic carbocycles. The predicted molar refractivity (Wildman–Crippen MR) is 134 cm³/mol. The first-order valence-corrected chi connectivity index (χ1v) is 12.6. The van der Waals surface area contributed by atoms with E-state index in [2.05, 4.69) is 10.3 Å². The summed E-state index contributed by atoms with van der Waals surface area (Å²) in [6.45, 7) is 2.93. The van der Waals surface area contributed by atoms with E-state index in [0.29, 0.717) is 31.7 Å². The number of alkyl halides is 3. The van der Waals surface area contributed by atoms with E-state index in [4.69, 9.17) is 0 Å². The number of nitrogens with zero attached hydrogens (tertiary/aromatic N) is 2. The van der Waals surface area contributed by atoms with E-state index < -0.39 is 17.6 Å². The van der Waals surface area contributed by atoms with Gasteiger partial charge in [-0.3, -0.25) is 14.6 Å². The number of carbonyl (C=O) groups is 2. The predicted octanol–water partition coefficient (Wildman–Crippen LogP) is 6.16. The molecule has 1 aromatic heterocycles. The number of thioether (sulfide) groups is 1. The van der Waals surface area contributed by atoms with Crippen molar-refractivity contribution in [2.75, 3.05) is 24.2 Å². The highest BCUT2D eigenvalue weighted by molar-refractivity contribution is 8.00. The van der Waals surface area contributed by atoms with Crippen molar-refractivity contribution in [3.8, 4) is 0 Å². The molecule has 1 fully saturated rings. The Morgan fingerprint density at radius 2 is 1.69 bits per heavy atom. The molecule has 1 saturated heterocycles. The number of carbonyl (C=O) groups excluding carboxylic acids is 2. The van der Waals surface area contributed by atoms with Gasteiger partial charge in [0, 0.05) is 36.1 Å². The number of piperidine rings is 1. The van der Waals surface area contributed by atoms with Crippen LogP contribution in [-0.2, 0) is 11.0 Å². The number of amides is 2. The normalized spacial score (nSPS) is 14.5. The molecule has 36 heavy (non-hydrogen) atoms. The van der Waals surface area contributed by atoms with E-state index in [-0.39, 0.29) is 17.4 Å². The maximum atomic E-state index is 12.9. The van der Waals surface area contributed by atoms with Gasteiger partial charge in [0.2, 0.25) is 5.91 Å². The summed E-state index contributed by atoms with van der Waals surface area (Å²) in [6.07, 6.45) is -1.23. The van der Waals surface area contributed by atoms with Crippen LogP contribution in [-0.4, -0.2) is 40.5 Å². The number of likely N-dealkylation sites (tertiary alicyclic amines) is 1. The number of halogens is 3. The second kappa shape index (κ2) is 11.2. The number of hydrogen-bond donors (Lipinski definition) is 1. The van der Waals surface area contributed by atoms with Crippen molar-refractivity contribution < 1.29 is 22.8 Å². The van der Waals surface area contributed by atoms with Gasteiger partial charge in [0.1, 0.15) is 0 Å². The lowest BCUT2D eigenvalue weighted by atomic mass is 9.89. The third-order valence-corrected chi connectivity index (χ3v) is 7.16. The van der Waals surface area contributed by atoms with Crippen LogP contribution < -0.4 is 5.32 Å².